The zero-order valence-electron chi connectivity index (χ0n) is 12.3. The van der Waals surface area contributed by atoms with Crippen LogP contribution in [-0.2, 0) is 0 Å². The van der Waals surface area contributed by atoms with E-state index in [2.05, 4.69) is 39.3 Å². The summed E-state index contributed by atoms with van der Waals surface area (Å²) in [6.45, 7) is 3.18. The van der Waals surface area contributed by atoms with E-state index in [0.717, 1.165) is 6.54 Å². The molecule has 0 bridgehead atoms. The molecule has 0 spiro atoms. The second kappa shape index (κ2) is 6.54. The summed E-state index contributed by atoms with van der Waals surface area (Å²) in [7, 11) is 4.25. The van der Waals surface area contributed by atoms with Crippen LogP contribution < -0.4 is 10.1 Å². The highest BCUT2D eigenvalue weighted by Gasteiger charge is 2.35. The van der Waals surface area contributed by atoms with Crippen molar-refractivity contribution in [3.63, 3.8) is 0 Å². The van der Waals surface area contributed by atoms with Crippen molar-refractivity contribution in [2.24, 2.45) is 0 Å². The number of hydrogen-bond donors (Lipinski definition) is 1. The lowest BCUT2D eigenvalue weighted by Gasteiger charge is -2.36. The minimum atomic E-state index is 0.149. The van der Waals surface area contributed by atoms with E-state index < -0.39 is 0 Å². The average Bonchev–Trinajstić information content (AvgIpc) is 2.86. The minimum Gasteiger partial charge on any atom is -0.464 e. The van der Waals surface area contributed by atoms with Crippen LogP contribution in [0, 0.1) is 0 Å². The van der Waals surface area contributed by atoms with E-state index in [-0.39, 0.29) is 16.8 Å². The Labute approximate surface area is 124 Å². The van der Waals surface area contributed by atoms with Gasteiger partial charge in [0, 0.05) is 12.1 Å². The number of likely N-dealkylation sites (N-methyl/N-ethyl adjacent to an activating group) is 1. The van der Waals surface area contributed by atoms with Gasteiger partial charge < -0.3 is 15.0 Å². The molecule has 112 valence electrons. The van der Waals surface area contributed by atoms with Crippen molar-refractivity contribution in [1.29, 1.82) is 0 Å². The van der Waals surface area contributed by atoms with Gasteiger partial charge in [-0.15, -0.1) is 0 Å². The summed E-state index contributed by atoms with van der Waals surface area (Å²) in [6, 6.07) is 0.264. The van der Waals surface area contributed by atoms with Crippen LogP contribution in [0.15, 0.2) is 0 Å². The Kier molecular flexibility index (Phi) is 4.99. The Balaban J connectivity index is 2.06. The Morgan fingerprint density at radius 1 is 1.25 bits per heavy atom. The molecule has 0 unspecified atom stereocenters. The third-order valence-corrected chi connectivity index (χ3v) is 4.09. The van der Waals surface area contributed by atoms with Crippen molar-refractivity contribution in [3.8, 4) is 6.01 Å². The third kappa shape index (κ3) is 3.49. The number of ether oxygens (including phenoxy) is 1. The van der Waals surface area contributed by atoms with Crippen LogP contribution in [0.25, 0.3) is 0 Å². The lowest BCUT2D eigenvalue weighted by atomic mass is 9.96. The number of anilines is 1. The predicted molar refractivity (Wildman–Crippen MR) is 79.4 cm³/mol. The Bertz CT molecular complexity index is 448. The number of rotatable bonds is 6. The van der Waals surface area contributed by atoms with Crippen LogP contribution in [0.3, 0.4) is 0 Å². The van der Waals surface area contributed by atoms with Crippen molar-refractivity contribution < 1.29 is 4.74 Å². The molecule has 1 heterocycles. The molecule has 1 N–H and O–H groups in total. The molecule has 0 atom stereocenters. The standard InChI is InChI=1S/C13H22ClN5O/c1-4-20-12-17-10(14)16-11(18-12)15-9-13(19(2)3)7-5-6-8-13/h4-9H2,1-3H3,(H,15,16,17,18). The van der Waals surface area contributed by atoms with Crippen LogP contribution in [-0.4, -0.2) is 52.6 Å². The average molecular weight is 300 g/mol. The van der Waals surface area contributed by atoms with Gasteiger partial charge in [-0.25, -0.2) is 0 Å². The Morgan fingerprint density at radius 3 is 2.55 bits per heavy atom. The van der Waals surface area contributed by atoms with E-state index in [1.807, 2.05) is 6.92 Å². The number of aromatic nitrogens is 3. The number of hydrogen-bond acceptors (Lipinski definition) is 6. The van der Waals surface area contributed by atoms with Crippen LogP contribution >= 0.6 is 11.6 Å². The quantitative estimate of drug-likeness (QED) is 0.869. The monoisotopic (exact) mass is 299 g/mol. The smallest absolute Gasteiger partial charge is 0.322 e. The molecule has 0 saturated heterocycles. The van der Waals surface area contributed by atoms with Gasteiger partial charge in [0.1, 0.15) is 0 Å². The van der Waals surface area contributed by atoms with Gasteiger partial charge in [0.05, 0.1) is 6.61 Å². The van der Waals surface area contributed by atoms with E-state index in [1.54, 1.807) is 0 Å². The molecule has 0 radical (unpaired) electrons. The Morgan fingerprint density at radius 2 is 1.95 bits per heavy atom. The highest BCUT2D eigenvalue weighted by atomic mass is 35.5. The van der Waals surface area contributed by atoms with Crippen molar-refractivity contribution in [2.45, 2.75) is 38.1 Å². The molecule has 1 aromatic rings. The second-order valence-electron chi connectivity index (χ2n) is 5.32. The topological polar surface area (TPSA) is 63.2 Å². The highest BCUT2D eigenvalue weighted by molar-refractivity contribution is 6.28. The molecule has 1 aliphatic carbocycles. The first-order chi connectivity index (χ1) is 9.55. The van der Waals surface area contributed by atoms with Gasteiger partial charge in [0.15, 0.2) is 0 Å². The first-order valence-corrected chi connectivity index (χ1v) is 7.39. The van der Waals surface area contributed by atoms with E-state index in [0.29, 0.717) is 12.6 Å². The summed E-state index contributed by atoms with van der Waals surface area (Å²) in [5.41, 5.74) is 0.172. The Hall–Kier alpha value is -1.14. The maximum atomic E-state index is 5.89. The molecule has 2 rings (SSSR count). The predicted octanol–water partition coefficient (Wildman–Crippen LogP) is 2.21. The van der Waals surface area contributed by atoms with Gasteiger partial charge in [-0.3, -0.25) is 0 Å². The maximum absolute atomic E-state index is 5.89. The maximum Gasteiger partial charge on any atom is 0.322 e. The second-order valence-corrected chi connectivity index (χ2v) is 5.66. The fourth-order valence-electron chi connectivity index (χ4n) is 2.66. The first kappa shape index (κ1) is 15.3. The van der Waals surface area contributed by atoms with Crippen molar-refractivity contribution in [1.82, 2.24) is 19.9 Å². The molecule has 7 heteroatoms. The fraction of sp³-hybridized carbons (Fsp3) is 0.769. The molecule has 1 aliphatic rings. The zero-order valence-corrected chi connectivity index (χ0v) is 13.1. The van der Waals surface area contributed by atoms with E-state index in [1.165, 1.54) is 25.7 Å². The molecule has 6 nitrogen and oxygen atoms in total. The summed E-state index contributed by atoms with van der Waals surface area (Å²) in [4.78, 5) is 14.5. The number of nitrogens with one attached hydrogen (secondary N) is 1. The summed E-state index contributed by atoms with van der Waals surface area (Å²) < 4.78 is 5.27. The number of halogens is 1. The van der Waals surface area contributed by atoms with E-state index in [4.69, 9.17) is 16.3 Å². The van der Waals surface area contributed by atoms with Crippen LogP contribution in [0.1, 0.15) is 32.6 Å². The van der Waals surface area contributed by atoms with Gasteiger partial charge in [-0.1, -0.05) is 12.8 Å². The first-order valence-electron chi connectivity index (χ1n) is 7.01. The van der Waals surface area contributed by atoms with Gasteiger partial charge in [0.25, 0.3) is 0 Å². The van der Waals surface area contributed by atoms with Crippen LogP contribution in [0.5, 0.6) is 6.01 Å². The van der Waals surface area contributed by atoms with E-state index >= 15 is 0 Å². The molecule has 20 heavy (non-hydrogen) atoms. The third-order valence-electron chi connectivity index (χ3n) is 3.92. The van der Waals surface area contributed by atoms with Gasteiger partial charge in [0.2, 0.25) is 11.2 Å². The van der Waals surface area contributed by atoms with Crippen LogP contribution in [0.2, 0.25) is 5.28 Å². The number of nitrogens with zero attached hydrogens (tertiary/aromatic N) is 4. The lowest BCUT2D eigenvalue weighted by Crippen LogP contribution is -2.47. The van der Waals surface area contributed by atoms with Crippen LogP contribution in [0.4, 0.5) is 5.95 Å². The summed E-state index contributed by atoms with van der Waals surface area (Å²) >= 11 is 5.89. The summed E-state index contributed by atoms with van der Waals surface area (Å²) in [5, 5.41) is 3.43. The molecule has 1 aromatic heterocycles. The van der Waals surface area contributed by atoms with Crippen molar-refractivity contribution >= 4 is 17.5 Å². The SMILES string of the molecule is CCOc1nc(Cl)nc(NCC2(N(C)C)CCCC2)n1. The molecular formula is C13H22ClN5O. The van der Waals surface area contributed by atoms with E-state index in [9.17, 15) is 0 Å². The van der Waals surface area contributed by atoms with Gasteiger partial charge in [-0.2, -0.15) is 15.0 Å². The summed E-state index contributed by atoms with van der Waals surface area (Å²) in [5.74, 6) is 0.474. The molecule has 0 aromatic carbocycles. The fourth-order valence-corrected chi connectivity index (χ4v) is 2.82. The largest absolute Gasteiger partial charge is 0.464 e. The molecule has 0 amide bonds. The molecule has 0 aliphatic heterocycles. The zero-order chi connectivity index (χ0) is 14.6. The highest BCUT2D eigenvalue weighted by Crippen LogP contribution is 2.33. The molecule has 1 fully saturated rings. The minimum absolute atomic E-state index is 0.149. The van der Waals surface area contributed by atoms with Gasteiger partial charge in [-0.05, 0) is 45.5 Å². The lowest BCUT2D eigenvalue weighted by molar-refractivity contribution is 0.172. The van der Waals surface area contributed by atoms with Gasteiger partial charge >= 0.3 is 6.01 Å². The molecular weight excluding hydrogens is 278 g/mol. The normalized spacial score (nSPS) is 17.4. The van der Waals surface area contributed by atoms with Crippen molar-refractivity contribution in [3.05, 3.63) is 5.28 Å². The molecule has 1 saturated carbocycles. The summed E-state index contributed by atoms with van der Waals surface area (Å²) in [6.07, 6.45) is 4.90. The van der Waals surface area contributed by atoms with Crippen molar-refractivity contribution in [2.75, 3.05) is 32.6 Å².